The van der Waals surface area contributed by atoms with Crippen LogP contribution in [0.5, 0.6) is 0 Å². The highest BCUT2D eigenvalue weighted by Crippen LogP contribution is 2.09. The van der Waals surface area contributed by atoms with Gasteiger partial charge in [0.15, 0.2) is 0 Å². The molecule has 1 aromatic rings. The maximum Gasteiger partial charge on any atom is 0.333 e. The third-order valence-electron chi connectivity index (χ3n) is 3.22. The van der Waals surface area contributed by atoms with E-state index in [0.29, 0.717) is 24.4 Å². The number of hydrogen-bond acceptors (Lipinski definition) is 7. The van der Waals surface area contributed by atoms with E-state index in [-0.39, 0.29) is 30.9 Å². The molecule has 8 heteroatoms. The van der Waals surface area contributed by atoms with Crippen LogP contribution < -0.4 is 0 Å². The van der Waals surface area contributed by atoms with Crippen molar-refractivity contribution in [2.75, 3.05) is 26.4 Å². The average molecular weight is 463 g/mol. The van der Waals surface area contributed by atoms with Crippen LogP contribution in [0.25, 0.3) is 6.08 Å². The predicted octanol–water partition coefficient (Wildman–Crippen LogP) is 3.58. The van der Waals surface area contributed by atoms with Gasteiger partial charge in [-0.25, -0.2) is 14.4 Å². The number of carboxylic acid groups (broad SMARTS) is 1. The summed E-state index contributed by atoms with van der Waals surface area (Å²) in [6.07, 6.45) is 1.98. The van der Waals surface area contributed by atoms with Crippen molar-refractivity contribution in [3.8, 4) is 0 Å². The van der Waals surface area contributed by atoms with Gasteiger partial charge < -0.3 is 24.4 Å². The Morgan fingerprint density at radius 1 is 1.00 bits per heavy atom. The molecule has 1 aliphatic rings. The number of carbonyl (C=O) groups excluding carboxylic acids is 2. The zero-order chi connectivity index (χ0) is 25.8. The molecular formula is C25H34O8. The lowest BCUT2D eigenvalue weighted by atomic mass is 10.2. The Kier molecular flexibility index (Phi) is 18.5. The fourth-order valence-corrected chi connectivity index (χ4v) is 1.31. The minimum atomic E-state index is -0.935. The Labute approximate surface area is 195 Å². The van der Waals surface area contributed by atoms with Crippen LogP contribution in [0.1, 0.15) is 26.3 Å². The van der Waals surface area contributed by atoms with Gasteiger partial charge in [0, 0.05) is 16.7 Å². The quantitative estimate of drug-likeness (QED) is 0.341. The number of ether oxygens (including phenoxy) is 3. The monoisotopic (exact) mass is 462 g/mol. The van der Waals surface area contributed by atoms with Gasteiger partial charge in [0.25, 0.3) is 0 Å². The average Bonchev–Trinajstić information content (AvgIpc) is 3.62. The zero-order valence-electron chi connectivity index (χ0n) is 19.5. The smallest absolute Gasteiger partial charge is 0.333 e. The molecule has 0 aliphatic carbocycles. The Morgan fingerprint density at radius 2 is 1.45 bits per heavy atom. The van der Waals surface area contributed by atoms with Gasteiger partial charge in [-0.05, 0) is 26.3 Å². The van der Waals surface area contributed by atoms with Gasteiger partial charge in [-0.15, -0.1) is 0 Å². The van der Waals surface area contributed by atoms with E-state index in [9.17, 15) is 14.4 Å². The number of epoxide rings is 1. The third kappa shape index (κ3) is 21.5. The normalized spacial score (nSPS) is 12.4. The molecule has 0 amide bonds. The number of carboxylic acids is 1. The highest BCUT2D eigenvalue weighted by molar-refractivity contribution is 5.87. The molecule has 182 valence electrons. The first-order valence-corrected chi connectivity index (χ1v) is 9.90. The third-order valence-corrected chi connectivity index (χ3v) is 3.22. The molecule has 33 heavy (non-hydrogen) atoms. The molecule has 8 nitrogen and oxygen atoms in total. The van der Waals surface area contributed by atoms with E-state index in [2.05, 4.69) is 31.1 Å². The second-order valence-corrected chi connectivity index (χ2v) is 6.67. The van der Waals surface area contributed by atoms with Gasteiger partial charge in [-0.1, -0.05) is 62.7 Å². The summed E-state index contributed by atoms with van der Waals surface area (Å²) in [5.74, 6) is -1.73. The molecule has 1 aliphatic heterocycles. The predicted molar refractivity (Wildman–Crippen MR) is 127 cm³/mol. The summed E-state index contributed by atoms with van der Waals surface area (Å²) in [6, 6.07) is 10.0. The largest absolute Gasteiger partial charge is 0.478 e. The van der Waals surface area contributed by atoms with Gasteiger partial charge in [-0.2, -0.15) is 0 Å². The number of carbonyl (C=O) groups is 3. The van der Waals surface area contributed by atoms with Crippen molar-refractivity contribution >= 4 is 24.0 Å². The first kappa shape index (κ1) is 31.7. The van der Waals surface area contributed by atoms with E-state index in [1.165, 1.54) is 12.5 Å². The van der Waals surface area contributed by atoms with Crippen LogP contribution in [-0.2, 0) is 28.6 Å². The van der Waals surface area contributed by atoms with E-state index in [1.54, 1.807) is 13.8 Å². The molecule has 1 saturated heterocycles. The number of rotatable bonds is 8. The van der Waals surface area contributed by atoms with Crippen LogP contribution in [0.3, 0.4) is 0 Å². The summed E-state index contributed by atoms with van der Waals surface area (Å²) in [6.45, 7) is 19.2. The van der Waals surface area contributed by atoms with Crippen molar-refractivity contribution < 1.29 is 38.8 Å². The van der Waals surface area contributed by atoms with Crippen molar-refractivity contribution in [2.45, 2.75) is 26.9 Å². The molecule has 0 bridgehead atoms. The molecule has 1 unspecified atom stereocenters. The fraction of sp³-hybridized carbons (Fsp3) is 0.320. The molecule has 2 N–H and O–H groups in total. The molecule has 1 atom stereocenters. The summed E-state index contributed by atoms with van der Waals surface area (Å²) in [7, 11) is 0. The molecule has 0 radical (unpaired) electrons. The lowest BCUT2D eigenvalue weighted by molar-refractivity contribution is -0.140. The van der Waals surface area contributed by atoms with Gasteiger partial charge in [-0.3, -0.25) is 0 Å². The summed E-state index contributed by atoms with van der Waals surface area (Å²) in [4.78, 5) is 30.8. The van der Waals surface area contributed by atoms with E-state index < -0.39 is 11.9 Å². The van der Waals surface area contributed by atoms with Crippen molar-refractivity contribution in [3.63, 3.8) is 0 Å². The summed E-state index contributed by atoms with van der Waals surface area (Å²) < 4.78 is 14.1. The number of aliphatic carboxylic acids is 1. The topological polar surface area (TPSA) is 123 Å². The van der Waals surface area contributed by atoms with Crippen molar-refractivity contribution in [2.24, 2.45) is 0 Å². The van der Waals surface area contributed by atoms with E-state index in [0.717, 1.165) is 0 Å². The van der Waals surface area contributed by atoms with E-state index in [4.69, 9.17) is 19.7 Å². The molecular weight excluding hydrogens is 428 g/mol. The molecule has 0 spiro atoms. The number of esters is 2. The highest BCUT2D eigenvalue weighted by Gasteiger charge is 2.24. The number of benzene rings is 1. The van der Waals surface area contributed by atoms with Gasteiger partial charge in [0.1, 0.15) is 19.3 Å². The SMILES string of the molecule is C=C(C)C(=O)O.C=C(C)C(=O)OCC1CO1.C=C(C)C(=O)OCCO.C=Cc1ccccc1. The maximum absolute atomic E-state index is 10.7. The van der Waals surface area contributed by atoms with Gasteiger partial charge in [0.2, 0.25) is 0 Å². The maximum atomic E-state index is 10.7. The Bertz CT molecular complexity index is 780. The molecule has 0 saturated carbocycles. The molecule has 1 aromatic carbocycles. The minimum Gasteiger partial charge on any atom is -0.478 e. The first-order valence-electron chi connectivity index (χ1n) is 9.90. The van der Waals surface area contributed by atoms with Crippen LogP contribution in [-0.4, -0.2) is 60.7 Å². The van der Waals surface area contributed by atoms with Crippen molar-refractivity contribution in [1.29, 1.82) is 0 Å². The number of aliphatic hydroxyl groups excluding tert-OH is 1. The summed E-state index contributed by atoms with van der Waals surface area (Å²) >= 11 is 0. The van der Waals surface area contributed by atoms with E-state index >= 15 is 0 Å². The van der Waals surface area contributed by atoms with Crippen LogP contribution in [0.4, 0.5) is 0 Å². The molecule has 1 fully saturated rings. The standard InChI is InChI=1S/C8H8.C7H10O3.C6H10O3.C4H6O2/c1-2-8-6-4-3-5-7-8;1-5(2)7(8)10-4-6-3-9-6;1-5(2)6(8)9-4-3-7;1-3(2)4(5)6/h2-7H,1H2;6H,1,3-4H2,2H3;7H,1,3-4H2,2H3;1H2,2H3,(H,5,6). The second-order valence-electron chi connectivity index (χ2n) is 6.67. The molecule has 1 heterocycles. The second kappa shape index (κ2) is 19.2. The van der Waals surface area contributed by atoms with Crippen LogP contribution >= 0.6 is 0 Å². The summed E-state index contributed by atoms with van der Waals surface area (Å²) in [5, 5.41) is 16.1. The van der Waals surface area contributed by atoms with Crippen LogP contribution in [0.15, 0.2) is 73.4 Å². The van der Waals surface area contributed by atoms with Crippen LogP contribution in [0.2, 0.25) is 0 Å². The van der Waals surface area contributed by atoms with Crippen LogP contribution in [0, 0.1) is 0 Å². The Morgan fingerprint density at radius 3 is 1.76 bits per heavy atom. The van der Waals surface area contributed by atoms with Gasteiger partial charge >= 0.3 is 17.9 Å². The van der Waals surface area contributed by atoms with Gasteiger partial charge in [0.05, 0.1) is 13.2 Å². The minimum absolute atomic E-state index is 0.0473. The number of aliphatic hydroxyl groups is 1. The first-order chi connectivity index (χ1) is 15.5. The molecule has 0 aromatic heterocycles. The Balaban J connectivity index is 0. The molecule has 2 rings (SSSR count). The lowest BCUT2D eigenvalue weighted by Gasteiger charge is -1.99. The Hall–Kier alpha value is -3.49. The summed E-state index contributed by atoms with van der Waals surface area (Å²) in [5.41, 5.74) is 2.13. The van der Waals surface area contributed by atoms with Crippen molar-refractivity contribution in [1.82, 2.24) is 0 Å². The lowest BCUT2D eigenvalue weighted by Crippen LogP contribution is -2.09. The van der Waals surface area contributed by atoms with E-state index in [1.807, 2.05) is 36.4 Å². The number of hydrogen-bond donors (Lipinski definition) is 2. The highest BCUT2D eigenvalue weighted by atomic mass is 16.6. The van der Waals surface area contributed by atoms with Crippen molar-refractivity contribution in [3.05, 3.63) is 78.9 Å². The zero-order valence-corrected chi connectivity index (χ0v) is 19.5. The fourth-order valence-electron chi connectivity index (χ4n) is 1.31.